The molecule has 0 aromatic heterocycles. The fraction of sp³-hybridized carbons (Fsp3) is 0.969. The molecule has 6 heteroatoms. The van der Waals surface area contributed by atoms with Gasteiger partial charge in [0.2, 0.25) is 5.91 Å². The Morgan fingerprint density at radius 1 is 0.338 bits per heavy atom. The standard InChI is InChI=1S/C65H129NO5/c1-3-5-7-9-11-13-15-17-19-20-21-22-23-24-25-26-27-28-30-33-37-41-45-49-53-57-63(68)62(61-67)66-64(69)58-54-50-46-42-38-34-31-32-36-40-44-48-52-56-60-71-65(70)59-55-51-47-43-39-35-29-18-16-14-12-10-8-6-4-2/h62-63,67-68H,3-61H2,1-2H3,(H,66,69). The quantitative estimate of drug-likeness (QED) is 0.0417. The highest BCUT2D eigenvalue weighted by molar-refractivity contribution is 5.76. The lowest BCUT2D eigenvalue weighted by Gasteiger charge is -2.22. The van der Waals surface area contributed by atoms with Crippen LogP contribution < -0.4 is 5.32 Å². The topological polar surface area (TPSA) is 95.9 Å². The number of hydrogen-bond acceptors (Lipinski definition) is 5. The minimum Gasteiger partial charge on any atom is -0.466 e. The van der Waals surface area contributed by atoms with E-state index in [-0.39, 0.29) is 18.5 Å². The van der Waals surface area contributed by atoms with Crippen LogP contribution in [0.25, 0.3) is 0 Å². The third kappa shape index (κ3) is 58.0. The van der Waals surface area contributed by atoms with Gasteiger partial charge in [0, 0.05) is 12.8 Å². The zero-order valence-corrected chi connectivity index (χ0v) is 48.5. The Balaban J connectivity index is 3.41. The molecule has 0 heterocycles. The van der Waals surface area contributed by atoms with Crippen LogP contribution in [-0.2, 0) is 14.3 Å². The molecule has 2 atom stereocenters. The summed E-state index contributed by atoms with van der Waals surface area (Å²) in [6.45, 7) is 4.98. The number of ether oxygens (including phenoxy) is 1. The summed E-state index contributed by atoms with van der Waals surface area (Å²) in [5.74, 6) is -0.0372. The van der Waals surface area contributed by atoms with Crippen LogP contribution in [0, 0.1) is 0 Å². The van der Waals surface area contributed by atoms with E-state index in [9.17, 15) is 19.8 Å². The van der Waals surface area contributed by atoms with Gasteiger partial charge in [-0.25, -0.2) is 0 Å². The Morgan fingerprint density at radius 2 is 0.577 bits per heavy atom. The molecule has 0 rings (SSSR count). The Labute approximate surface area is 445 Å². The van der Waals surface area contributed by atoms with Gasteiger partial charge in [0.25, 0.3) is 0 Å². The third-order valence-electron chi connectivity index (χ3n) is 15.7. The summed E-state index contributed by atoms with van der Waals surface area (Å²) in [4.78, 5) is 24.6. The van der Waals surface area contributed by atoms with Crippen molar-refractivity contribution in [2.75, 3.05) is 13.2 Å². The van der Waals surface area contributed by atoms with Gasteiger partial charge in [0.1, 0.15) is 0 Å². The van der Waals surface area contributed by atoms with Gasteiger partial charge < -0.3 is 20.3 Å². The number of esters is 1. The van der Waals surface area contributed by atoms with Crippen molar-refractivity contribution in [2.24, 2.45) is 0 Å². The zero-order chi connectivity index (χ0) is 51.4. The summed E-state index contributed by atoms with van der Waals surface area (Å²) in [5, 5.41) is 23.4. The van der Waals surface area contributed by atoms with Crippen LogP contribution in [0.1, 0.15) is 380 Å². The van der Waals surface area contributed by atoms with Gasteiger partial charge in [-0.05, 0) is 25.7 Å². The second-order valence-corrected chi connectivity index (χ2v) is 22.8. The Kier molecular flexibility index (Phi) is 60.4. The van der Waals surface area contributed by atoms with E-state index in [4.69, 9.17) is 4.74 Å². The maximum Gasteiger partial charge on any atom is 0.305 e. The van der Waals surface area contributed by atoms with Gasteiger partial charge in [-0.3, -0.25) is 9.59 Å². The molecule has 6 nitrogen and oxygen atoms in total. The van der Waals surface area contributed by atoms with Crippen LogP contribution >= 0.6 is 0 Å². The Bertz CT molecular complexity index is 1020. The van der Waals surface area contributed by atoms with E-state index in [1.54, 1.807) is 0 Å². The third-order valence-corrected chi connectivity index (χ3v) is 15.7. The van der Waals surface area contributed by atoms with Crippen molar-refractivity contribution in [2.45, 2.75) is 392 Å². The molecule has 3 N–H and O–H groups in total. The molecule has 0 bridgehead atoms. The molecule has 0 fully saturated rings. The molecule has 0 aliphatic rings. The molecule has 0 saturated heterocycles. The van der Waals surface area contributed by atoms with Gasteiger partial charge in [-0.15, -0.1) is 0 Å². The first-order valence-corrected chi connectivity index (χ1v) is 32.8. The van der Waals surface area contributed by atoms with Gasteiger partial charge in [0.05, 0.1) is 25.4 Å². The Morgan fingerprint density at radius 3 is 0.859 bits per heavy atom. The minimum absolute atomic E-state index is 0.00257. The molecule has 0 aromatic rings. The summed E-state index contributed by atoms with van der Waals surface area (Å²) in [6, 6.07) is -0.549. The number of aliphatic hydroxyl groups excluding tert-OH is 2. The monoisotopic (exact) mass is 1000 g/mol. The normalized spacial score (nSPS) is 12.5. The van der Waals surface area contributed by atoms with Crippen molar-refractivity contribution in [1.82, 2.24) is 5.32 Å². The minimum atomic E-state index is -0.672. The van der Waals surface area contributed by atoms with Crippen LogP contribution in [0.15, 0.2) is 0 Å². The molecule has 424 valence electrons. The molecule has 1 amide bonds. The fourth-order valence-corrected chi connectivity index (χ4v) is 10.6. The predicted octanol–water partition coefficient (Wildman–Crippen LogP) is 20.6. The molecule has 71 heavy (non-hydrogen) atoms. The number of nitrogens with one attached hydrogen (secondary N) is 1. The second kappa shape index (κ2) is 61.4. The number of hydrogen-bond donors (Lipinski definition) is 3. The number of aliphatic hydroxyl groups is 2. The average molecular weight is 1000 g/mol. The Hall–Kier alpha value is -1.14. The lowest BCUT2D eigenvalue weighted by atomic mass is 10.0. The summed E-state index contributed by atoms with van der Waals surface area (Å²) < 4.78 is 5.49. The lowest BCUT2D eigenvalue weighted by molar-refractivity contribution is -0.143. The molecule has 0 saturated carbocycles. The fourth-order valence-electron chi connectivity index (χ4n) is 10.6. The van der Waals surface area contributed by atoms with E-state index in [2.05, 4.69) is 19.2 Å². The van der Waals surface area contributed by atoms with E-state index in [1.807, 2.05) is 0 Å². The van der Waals surface area contributed by atoms with Crippen molar-refractivity contribution in [3.8, 4) is 0 Å². The van der Waals surface area contributed by atoms with E-state index in [0.717, 1.165) is 51.4 Å². The van der Waals surface area contributed by atoms with Crippen molar-refractivity contribution in [3.05, 3.63) is 0 Å². The highest BCUT2D eigenvalue weighted by atomic mass is 16.5. The number of rotatable bonds is 62. The smallest absolute Gasteiger partial charge is 0.305 e. The first-order valence-electron chi connectivity index (χ1n) is 32.8. The molecular weight excluding hydrogens is 875 g/mol. The number of carbonyl (C=O) groups is 2. The van der Waals surface area contributed by atoms with E-state index in [1.165, 1.54) is 295 Å². The second-order valence-electron chi connectivity index (χ2n) is 22.8. The predicted molar refractivity (Wildman–Crippen MR) is 310 cm³/mol. The maximum atomic E-state index is 12.5. The van der Waals surface area contributed by atoms with Crippen LogP contribution in [0.4, 0.5) is 0 Å². The van der Waals surface area contributed by atoms with E-state index in [0.29, 0.717) is 25.9 Å². The maximum absolute atomic E-state index is 12.5. The van der Waals surface area contributed by atoms with E-state index >= 15 is 0 Å². The first kappa shape index (κ1) is 69.9. The zero-order valence-electron chi connectivity index (χ0n) is 48.5. The van der Waals surface area contributed by atoms with Crippen molar-refractivity contribution >= 4 is 11.9 Å². The number of unbranched alkanes of at least 4 members (excludes halogenated alkanes) is 51. The van der Waals surface area contributed by atoms with Crippen LogP contribution in [0.2, 0.25) is 0 Å². The molecule has 0 aromatic carbocycles. The lowest BCUT2D eigenvalue weighted by Crippen LogP contribution is -2.45. The molecule has 0 aliphatic carbocycles. The average Bonchev–Trinajstić information content (AvgIpc) is 3.37. The highest BCUT2D eigenvalue weighted by Gasteiger charge is 2.20. The highest BCUT2D eigenvalue weighted by Crippen LogP contribution is 2.19. The van der Waals surface area contributed by atoms with Gasteiger partial charge in [-0.2, -0.15) is 0 Å². The summed E-state index contributed by atoms with van der Waals surface area (Å²) in [7, 11) is 0. The van der Waals surface area contributed by atoms with Gasteiger partial charge in [0.15, 0.2) is 0 Å². The number of amides is 1. The number of carbonyl (C=O) groups excluding carboxylic acids is 2. The van der Waals surface area contributed by atoms with Gasteiger partial charge >= 0.3 is 5.97 Å². The molecule has 0 aliphatic heterocycles. The largest absolute Gasteiger partial charge is 0.466 e. The van der Waals surface area contributed by atoms with Crippen molar-refractivity contribution in [3.63, 3.8) is 0 Å². The molecule has 0 spiro atoms. The van der Waals surface area contributed by atoms with Crippen LogP contribution in [0.3, 0.4) is 0 Å². The van der Waals surface area contributed by atoms with Crippen molar-refractivity contribution < 1.29 is 24.5 Å². The summed E-state index contributed by atoms with van der Waals surface area (Å²) >= 11 is 0. The van der Waals surface area contributed by atoms with Crippen LogP contribution in [-0.4, -0.2) is 47.4 Å². The van der Waals surface area contributed by atoms with Gasteiger partial charge in [-0.1, -0.05) is 341 Å². The van der Waals surface area contributed by atoms with E-state index < -0.39 is 12.1 Å². The van der Waals surface area contributed by atoms with Crippen molar-refractivity contribution in [1.29, 1.82) is 0 Å². The van der Waals surface area contributed by atoms with Crippen LogP contribution in [0.5, 0.6) is 0 Å². The summed E-state index contributed by atoms with van der Waals surface area (Å²) in [5.41, 5.74) is 0. The molecule has 0 radical (unpaired) electrons. The summed E-state index contributed by atoms with van der Waals surface area (Å²) in [6.07, 6.45) is 72.6. The first-order chi connectivity index (χ1) is 35.0. The molecule has 2 unspecified atom stereocenters. The molecular formula is C65H129NO5. The SMILES string of the molecule is CCCCCCCCCCCCCCCCCCCCCCCCCCCC(O)C(CO)NC(=O)CCCCCCCCCCCCCCCCOC(=O)CCCCCCCCCCCCCCCCC.